The van der Waals surface area contributed by atoms with Gasteiger partial charge in [-0.15, -0.1) is 10.2 Å². The lowest BCUT2D eigenvalue weighted by molar-refractivity contribution is 0.737. The molecule has 0 aliphatic carbocycles. The highest BCUT2D eigenvalue weighted by Crippen LogP contribution is 2.20. The van der Waals surface area contributed by atoms with Crippen molar-refractivity contribution in [3.8, 4) is 11.4 Å². The summed E-state index contributed by atoms with van der Waals surface area (Å²) in [6.07, 6.45) is 0. The Bertz CT molecular complexity index is 473. The average molecular weight is 202 g/mol. The minimum Gasteiger partial charge on any atom is -0.399 e. The third-order valence-electron chi connectivity index (χ3n) is 2.40. The van der Waals surface area contributed by atoms with E-state index in [9.17, 15) is 0 Å². The molecule has 0 aliphatic rings. The molecule has 0 aliphatic heterocycles. The monoisotopic (exact) mass is 202 g/mol. The predicted octanol–water partition coefficient (Wildman–Crippen LogP) is 1.86. The molecule has 0 radical (unpaired) electrons. The first kappa shape index (κ1) is 9.71. The van der Waals surface area contributed by atoms with E-state index in [1.165, 1.54) is 0 Å². The molecule has 2 rings (SSSR count). The quantitative estimate of drug-likeness (QED) is 0.756. The SMILES string of the molecule is CCn1c(C)nnc1-c1cccc(N)c1. The number of aromatic nitrogens is 3. The van der Waals surface area contributed by atoms with Crippen LogP contribution in [0.1, 0.15) is 12.7 Å². The second kappa shape index (κ2) is 3.73. The topological polar surface area (TPSA) is 56.7 Å². The van der Waals surface area contributed by atoms with E-state index in [0.29, 0.717) is 0 Å². The van der Waals surface area contributed by atoms with Crippen LogP contribution in [0.25, 0.3) is 11.4 Å². The van der Waals surface area contributed by atoms with Crippen LogP contribution in [0.4, 0.5) is 5.69 Å². The Morgan fingerprint density at radius 3 is 2.80 bits per heavy atom. The third kappa shape index (κ3) is 1.70. The van der Waals surface area contributed by atoms with E-state index in [1.807, 2.05) is 31.2 Å². The summed E-state index contributed by atoms with van der Waals surface area (Å²) in [7, 11) is 0. The molecule has 4 heteroatoms. The van der Waals surface area contributed by atoms with E-state index in [2.05, 4.69) is 21.7 Å². The highest BCUT2D eigenvalue weighted by atomic mass is 15.3. The van der Waals surface area contributed by atoms with E-state index in [-0.39, 0.29) is 0 Å². The van der Waals surface area contributed by atoms with Gasteiger partial charge in [0.1, 0.15) is 5.82 Å². The summed E-state index contributed by atoms with van der Waals surface area (Å²) in [6.45, 7) is 4.89. The van der Waals surface area contributed by atoms with Crippen molar-refractivity contribution in [2.75, 3.05) is 5.73 Å². The van der Waals surface area contributed by atoms with Gasteiger partial charge in [-0.3, -0.25) is 0 Å². The molecule has 1 aromatic carbocycles. The molecule has 0 saturated heterocycles. The molecular formula is C11H14N4. The summed E-state index contributed by atoms with van der Waals surface area (Å²) < 4.78 is 2.06. The van der Waals surface area contributed by atoms with Crippen LogP contribution in [-0.2, 0) is 6.54 Å². The number of benzene rings is 1. The highest BCUT2D eigenvalue weighted by molar-refractivity contribution is 5.61. The minimum atomic E-state index is 0.746. The smallest absolute Gasteiger partial charge is 0.164 e. The first-order valence-corrected chi connectivity index (χ1v) is 4.98. The molecule has 2 aromatic rings. The Morgan fingerprint density at radius 2 is 2.13 bits per heavy atom. The van der Waals surface area contributed by atoms with Crippen molar-refractivity contribution in [2.45, 2.75) is 20.4 Å². The molecule has 0 atom stereocenters. The van der Waals surface area contributed by atoms with Gasteiger partial charge in [0, 0.05) is 17.8 Å². The van der Waals surface area contributed by atoms with Crippen LogP contribution in [0.2, 0.25) is 0 Å². The molecule has 15 heavy (non-hydrogen) atoms. The van der Waals surface area contributed by atoms with Gasteiger partial charge in [0.2, 0.25) is 0 Å². The van der Waals surface area contributed by atoms with Crippen molar-refractivity contribution < 1.29 is 0 Å². The molecule has 1 aromatic heterocycles. The van der Waals surface area contributed by atoms with Crippen molar-refractivity contribution in [1.29, 1.82) is 0 Å². The zero-order valence-electron chi connectivity index (χ0n) is 8.94. The maximum atomic E-state index is 5.74. The van der Waals surface area contributed by atoms with Crippen molar-refractivity contribution in [1.82, 2.24) is 14.8 Å². The van der Waals surface area contributed by atoms with E-state index in [0.717, 1.165) is 29.4 Å². The Balaban J connectivity index is 2.54. The van der Waals surface area contributed by atoms with Gasteiger partial charge < -0.3 is 10.3 Å². The van der Waals surface area contributed by atoms with Crippen LogP contribution in [0.5, 0.6) is 0 Å². The largest absolute Gasteiger partial charge is 0.399 e. The second-order valence-corrected chi connectivity index (χ2v) is 3.44. The molecule has 0 amide bonds. The number of nitrogen functional groups attached to an aromatic ring is 1. The van der Waals surface area contributed by atoms with Gasteiger partial charge in [-0.2, -0.15) is 0 Å². The van der Waals surface area contributed by atoms with Crippen molar-refractivity contribution in [2.24, 2.45) is 0 Å². The molecular weight excluding hydrogens is 188 g/mol. The zero-order valence-corrected chi connectivity index (χ0v) is 8.94. The number of nitrogens with zero attached hydrogens (tertiary/aromatic N) is 3. The molecule has 0 fully saturated rings. The van der Waals surface area contributed by atoms with Gasteiger partial charge in [-0.05, 0) is 26.0 Å². The summed E-state index contributed by atoms with van der Waals surface area (Å²) in [5.74, 6) is 1.80. The average Bonchev–Trinajstić information content (AvgIpc) is 2.59. The van der Waals surface area contributed by atoms with E-state index >= 15 is 0 Å². The van der Waals surface area contributed by atoms with Crippen molar-refractivity contribution in [3.05, 3.63) is 30.1 Å². The van der Waals surface area contributed by atoms with Crippen molar-refractivity contribution in [3.63, 3.8) is 0 Å². The Hall–Kier alpha value is -1.84. The molecule has 0 spiro atoms. The Labute approximate surface area is 88.8 Å². The summed E-state index contributed by atoms with van der Waals surface area (Å²) in [4.78, 5) is 0. The zero-order chi connectivity index (χ0) is 10.8. The first-order valence-electron chi connectivity index (χ1n) is 4.98. The van der Waals surface area contributed by atoms with Crippen LogP contribution in [0.3, 0.4) is 0 Å². The first-order chi connectivity index (χ1) is 7.22. The molecule has 2 N–H and O–H groups in total. The number of hydrogen-bond donors (Lipinski definition) is 1. The Morgan fingerprint density at radius 1 is 1.33 bits per heavy atom. The fourth-order valence-corrected chi connectivity index (χ4v) is 1.65. The van der Waals surface area contributed by atoms with E-state index in [1.54, 1.807) is 0 Å². The number of anilines is 1. The normalized spacial score (nSPS) is 10.5. The molecule has 0 saturated carbocycles. The fourth-order valence-electron chi connectivity index (χ4n) is 1.65. The number of rotatable bonds is 2. The molecule has 78 valence electrons. The van der Waals surface area contributed by atoms with Gasteiger partial charge in [0.15, 0.2) is 5.82 Å². The van der Waals surface area contributed by atoms with Crippen LogP contribution >= 0.6 is 0 Å². The van der Waals surface area contributed by atoms with Gasteiger partial charge in [-0.25, -0.2) is 0 Å². The van der Waals surface area contributed by atoms with Crippen molar-refractivity contribution >= 4 is 5.69 Å². The summed E-state index contributed by atoms with van der Waals surface area (Å²) in [5.41, 5.74) is 7.49. The lowest BCUT2D eigenvalue weighted by Crippen LogP contribution is -2.00. The third-order valence-corrected chi connectivity index (χ3v) is 2.40. The molecule has 4 nitrogen and oxygen atoms in total. The lowest BCUT2D eigenvalue weighted by atomic mass is 10.2. The lowest BCUT2D eigenvalue weighted by Gasteiger charge is -2.05. The highest BCUT2D eigenvalue weighted by Gasteiger charge is 2.08. The van der Waals surface area contributed by atoms with E-state index in [4.69, 9.17) is 5.73 Å². The fraction of sp³-hybridized carbons (Fsp3) is 0.273. The van der Waals surface area contributed by atoms with Crippen LogP contribution < -0.4 is 5.73 Å². The number of aryl methyl sites for hydroxylation is 1. The van der Waals surface area contributed by atoms with Gasteiger partial charge in [-0.1, -0.05) is 12.1 Å². The standard InChI is InChI=1S/C11H14N4/c1-3-15-8(2)13-14-11(15)9-5-4-6-10(12)7-9/h4-7H,3,12H2,1-2H3. The van der Waals surface area contributed by atoms with Crippen LogP contribution in [0, 0.1) is 6.92 Å². The number of nitrogens with two attached hydrogens (primary N) is 1. The van der Waals surface area contributed by atoms with Gasteiger partial charge in [0.05, 0.1) is 0 Å². The van der Waals surface area contributed by atoms with Crippen LogP contribution in [-0.4, -0.2) is 14.8 Å². The second-order valence-electron chi connectivity index (χ2n) is 3.44. The summed E-state index contributed by atoms with van der Waals surface area (Å²) in [6, 6.07) is 7.69. The minimum absolute atomic E-state index is 0.746. The van der Waals surface area contributed by atoms with E-state index < -0.39 is 0 Å². The maximum Gasteiger partial charge on any atom is 0.164 e. The maximum absolute atomic E-state index is 5.74. The summed E-state index contributed by atoms with van der Waals surface area (Å²) in [5, 5.41) is 8.22. The molecule has 1 heterocycles. The summed E-state index contributed by atoms with van der Waals surface area (Å²) >= 11 is 0. The van der Waals surface area contributed by atoms with Gasteiger partial charge in [0.25, 0.3) is 0 Å². The molecule has 0 unspecified atom stereocenters. The molecule has 0 bridgehead atoms. The van der Waals surface area contributed by atoms with Crippen LogP contribution in [0.15, 0.2) is 24.3 Å². The number of hydrogen-bond acceptors (Lipinski definition) is 3. The Kier molecular flexibility index (Phi) is 2.41. The predicted molar refractivity (Wildman–Crippen MR) is 60.3 cm³/mol. The van der Waals surface area contributed by atoms with Gasteiger partial charge >= 0.3 is 0 Å².